The van der Waals surface area contributed by atoms with Gasteiger partial charge in [-0.05, 0) is 18.6 Å². The van der Waals surface area contributed by atoms with Crippen molar-refractivity contribution in [1.82, 2.24) is 20.9 Å². The second kappa shape index (κ2) is 10.5. The van der Waals surface area contributed by atoms with E-state index in [-0.39, 0.29) is 12.8 Å². The summed E-state index contributed by atoms with van der Waals surface area (Å²) in [5, 5.41) is 18.8. The molecule has 1 aliphatic heterocycles. The summed E-state index contributed by atoms with van der Waals surface area (Å²) >= 11 is 0. The Hall–Kier alpha value is -3.44. The Kier molecular flexibility index (Phi) is 7.67. The zero-order valence-electron chi connectivity index (χ0n) is 18.5. The van der Waals surface area contributed by atoms with Gasteiger partial charge in [-0.1, -0.05) is 18.2 Å². The SMILES string of the molecule is CC(=O)O[C@H]1CN[C@H](C(=O)N[C@@H](Cc2c[nH]c3ccccc23)C(=O)N[C@H](C(N)=O)[C@@H](C)O)C1. The minimum Gasteiger partial charge on any atom is -0.461 e. The standard InChI is InChI=1S/C22H29N5O6/c1-11(28)19(20(23)30)27-22(32)18(7-13-9-24-16-6-4-3-5-15(13)16)26-21(31)17-8-14(10-25-17)33-12(2)29/h3-6,9,11,14,17-19,24-25,28H,7-8,10H2,1-2H3,(H2,23,30)(H,26,31)(H,27,32)/t11-,14-,17+,18+,19+/m1/s1. The van der Waals surface area contributed by atoms with E-state index in [2.05, 4.69) is 20.9 Å². The van der Waals surface area contributed by atoms with Crippen LogP contribution in [0.25, 0.3) is 10.9 Å². The number of fused-ring (bicyclic) bond motifs is 1. The van der Waals surface area contributed by atoms with E-state index in [0.717, 1.165) is 16.5 Å². The molecule has 1 aromatic heterocycles. The van der Waals surface area contributed by atoms with E-state index in [9.17, 15) is 24.3 Å². The molecule has 0 saturated carbocycles. The number of hydrogen-bond acceptors (Lipinski definition) is 7. The third kappa shape index (κ3) is 6.08. The molecule has 1 fully saturated rings. The number of nitrogens with two attached hydrogens (primary N) is 1. The monoisotopic (exact) mass is 459 g/mol. The first-order chi connectivity index (χ1) is 15.7. The van der Waals surface area contributed by atoms with E-state index in [1.54, 1.807) is 6.20 Å². The molecular formula is C22H29N5O6. The molecule has 1 aromatic carbocycles. The van der Waals surface area contributed by atoms with E-state index in [0.29, 0.717) is 6.54 Å². The third-order valence-electron chi connectivity index (χ3n) is 5.56. The van der Waals surface area contributed by atoms with Gasteiger partial charge < -0.3 is 36.5 Å². The number of esters is 1. The lowest BCUT2D eigenvalue weighted by Crippen LogP contribution is -2.58. The summed E-state index contributed by atoms with van der Waals surface area (Å²) < 4.78 is 5.14. The van der Waals surface area contributed by atoms with Crippen molar-refractivity contribution in [3.8, 4) is 0 Å². The Bertz CT molecular complexity index is 1040. The summed E-state index contributed by atoms with van der Waals surface area (Å²) in [6, 6.07) is 4.51. The van der Waals surface area contributed by atoms with Gasteiger partial charge in [0.05, 0.1) is 12.1 Å². The van der Waals surface area contributed by atoms with Crippen molar-refractivity contribution in [2.75, 3.05) is 6.54 Å². The molecule has 0 bridgehead atoms. The average Bonchev–Trinajstić information content (AvgIpc) is 3.37. The highest BCUT2D eigenvalue weighted by molar-refractivity contribution is 5.94. The van der Waals surface area contributed by atoms with E-state index < -0.39 is 54.0 Å². The maximum atomic E-state index is 13.0. The number of hydrogen-bond donors (Lipinski definition) is 6. The van der Waals surface area contributed by atoms with Gasteiger partial charge in [0, 0.05) is 43.4 Å². The average molecular weight is 460 g/mol. The van der Waals surface area contributed by atoms with Crippen molar-refractivity contribution < 1.29 is 29.0 Å². The molecule has 11 heteroatoms. The zero-order valence-corrected chi connectivity index (χ0v) is 18.5. The van der Waals surface area contributed by atoms with Crippen LogP contribution >= 0.6 is 0 Å². The minimum atomic E-state index is -1.31. The largest absolute Gasteiger partial charge is 0.461 e. The molecule has 11 nitrogen and oxygen atoms in total. The van der Waals surface area contributed by atoms with Crippen LogP contribution in [0.3, 0.4) is 0 Å². The number of primary amides is 1. The van der Waals surface area contributed by atoms with Crippen LogP contribution in [0.4, 0.5) is 0 Å². The summed E-state index contributed by atoms with van der Waals surface area (Å²) in [7, 11) is 0. The number of aliphatic hydroxyl groups is 1. The van der Waals surface area contributed by atoms with Crippen LogP contribution in [-0.2, 0) is 30.3 Å². The fourth-order valence-corrected chi connectivity index (χ4v) is 3.91. The van der Waals surface area contributed by atoms with Crippen LogP contribution in [0.5, 0.6) is 0 Å². The van der Waals surface area contributed by atoms with Crippen molar-refractivity contribution >= 4 is 34.6 Å². The lowest BCUT2D eigenvalue weighted by atomic mass is 10.0. The summed E-state index contributed by atoms with van der Waals surface area (Å²) in [5.74, 6) is -2.43. The lowest BCUT2D eigenvalue weighted by molar-refractivity contribution is -0.145. The molecule has 1 aliphatic rings. The molecule has 5 atom stereocenters. The Balaban J connectivity index is 1.77. The summed E-state index contributed by atoms with van der Waals surface area (Å²) in [4.78, 5) is 51.9. The van der Waals surface area contributed by atoms with Gasteiger partial charge >= 0.3 is 5.97 Å². The predicted octanol–water partition coefficient (Wildman–Crippen LogP) is -1.16. The Labute approximate surface area is 190 Å². The summed E-state index contributed by atoms with van der Waals surface area (Å²) in [6.07, 6.45) is 0.504. The normalized spacial score (nSPS) is 20.6. The van der Waals surface area contributed by atoms with Crippen LogP contribution < -0.4 is 21.7 Å². The molecule has 2 heterocycles. The molecule has 1 saturated heterocycles. The predicted molar refractivity (Wildman–Crippen MR) is 119 cm³/mol. The molecule has 3 amide bonds. The molecule has 2 aromatic rings. The van der Waals surface area contributed by atoms with Crippen molar-refractivity contribution in [2.45, 2.75) is 57.0 Å². The summed E-state index contributed by atoms with van der Waals surface area (Å²) in [6.45, 7) is 2.95. The van der Waals surface area contributed by atoms with Crippen LogP contribution in [0.15, 0.2) is 30.5 Å². The number of nitrogens with one attached hydrogen (secondary N) is 4. The highest BCUT2D eigenvalue weighted by Gasteiger charge is 2.34. The molecule has 178 valence electrons. The Morgan fingerprint density at radius 2 is 1.97 bits per heavy atom. The number of carbonyl (C=O) groups excluding carboxylic acids is 4. The fourth-order valence-electron chi connectivity index (χ4n) is 3.91. The van der Waals surface area contributed by atoms with Gasteiger partial charge in [-0.3, -0.25) is 19.2 Å². The minimum absolute atomic E-state index is 0.132. The number of H-pyrrole nitrogens is 1. The van der Waals surface area contributed by atoms with Gasteiger partial charge in [0.1, 0.15) is 18.2 Å². The molecule has 3 rings (SSSR count). The van der Waals surface area contributed by atoms with Crippen molar-refractivity contribution in [2.24, 2.45) is 5.73 Å². The van der Waals surface area contributed by atoms with Gasteiger partial charge in [0.25, 0.3) is 0 Å². The molecule has 0 spiro atoms. The topological polar surface area (TPSA) is 176 Å². The second-order valence-corrected chi connectivity index (χ2v) is 8.18. The van der Waals surface area contributed by atoms with E-state index in [1.165, 1.54) is 13.8 Å². The highest BCUT2D eigenvalue weighted by Crippen LogP contribution is 2.20. The number of para-hydroxylation sites is 1. The number of benzene rings is 1. The molecular weight excluding hydrogens is 430 g/mol. The van der Waals surface area contributed by atoms with Crippen molar-refractivity contribution in [1.29, 1.82) is 0 Å². The number of aromatic amines is 1. The quantitative estimate of drug-likeness (QED) is 0.256. The molecule has 33 heavy (non-hydrogen) atoms. The first-order valence-corrected chi connectivity index (χ1v) is 10.7. The molecule has 0 radical (unpaired) electrons. The number of aromatic nitrogens is 1. The maximum absolute atomic E-state index is 13.0. The first-order valence-electron chi connectivity index (χ1n) is 10.7. The van der Waals surface area contributed by atoms with Gasteiger partial charge in [0.2, 0.25) is 17.7 Å². The maximum Gasteiger partial charge on any atom is 0.302 e. The van der Waals surface area contributed by atoms with Crippen molar-refractivity contribution in [3.63, 3.8) is 0 Å². The molecule has 0 aliphatic carbocycles. The van der Waals surface area contributed by atoms with Crippen LogP contribution in [0.2, 0.25) is 0 Å². The van der Waals surface area contributed by atoms with Gasteiger partial charge in [-0.25, -0.2) is 0 Å². The molecule has 7 N–H and O–H groups in total. The van der Waals surface area contributed by atoms with Gasteiger partial charge in [-0.15, -0.1) is 0 Å². The van der Waals surface area contributed by atoms with Crippen molar-refractivity contribution in [3.05, 3.63) is 36.0 Å². The molecule has 0 unspecified atom stereocenters. The number of aliphatic hydroxyl groups excluding tert-OH is 1. The van der Waals surface area contributed by atoms with Gasteiger partial charge in [0.15, 0.2) is 0 Å². The lowest BCUT2D eigenvalue weighted by Gasteiger charge is -2.24. The number of ether oxygens (including phenoxy) is 1. The van der Waals surface area contributed by atoms with E-state index in [1.807, 2.05) is 24.3 Å². The highest BCUT2D eigenvalue weighted by atomic mass is 16.5. The summed E-state index contributed by atoms with van der Waals surface area (Å²) in [5.41, 5.74) is 6.96. The van der Waals surface area contributed by atoms with Gasteiger partial charge in [-0.2, -0.15) is 0 Å². The van der Waals surface area contributed by atoms with E-state index in [4.69, 9.17) is 10.5 Å². The number of amides is 3. The Morgan fingerprint density at radius 1 is 1.24 bits per heavy atom. The van der Waals surface area contributed by atoms with E-state index >= 15 is 0 Å². The number of rotatable bonds is 9. The number of carbonyl (C=O) groups is 4. The zero-order chi connectivity index (χ0) is 24.1. The Morgan fingerprint density at radius 3 is 2.64 bits per heavy atom. The smallest absolute Gasteiger partial charge is 0.302 e. The van der Waals surface area contributed by atoms with Crippen LogP contribution in [0, 0.1) is 0 Å². The first kappa shape index (κ1) is 24.2. The third-order valence-corrected chi connectivity index (χ3v) is 5.56. The van der Waals surface area contributed by atoms with Crippen LogP contribution in [-0.4, -0.2) is 70.7 Å². The fraction of sp³-hybridized carbons (Fsp3) is 0.455. The second-order valence-electron chi connectivity index (χ2n) is 8.18. The van der Waals surface area contributed by atoms with Crippen LogP contribution in [0.1, 0.15) is 25.8 Å².